The Morgan fingerprint density at radius 2 is 2.35 bits per heavy atom. The molecule has 1 spiro atoms. The minimum Gasteiger partial charge on any atom is -0.374 e. The summed E-state index contributed by atoms with van der Waals surface area (Å²) in [4.78, 5) is 11.9. The Balaban J connectivity index is 1.83. The Hall–Kier alpha value is -0.0200. The maximum atomic E-state index is 11.9. The third-order valence-electron chi connectivity index (χ3n) is 3.81. The molecule has 0 aromatic rings. The Morgan fingerprint density at radius 3 is 3.00 bits per heavy atom. The minimum absolute atomic E-state index is 0.131. The number of Topliss-reactive ketones (excluding diaryl/α,β-unsaturated/α-hetero) is 1. The van der Waals surface area contributed by atoms with Gasteiger partial charge in [-0.1, -0.05) is 13.8 Å². The molecular formula is C14H24O2S. The van der Waals surface area contributed by atoms with Gasteiger partial charge in [-0.05, 0) is 36.9 Å². The Labute approximate surface area is 109 Å². The van der Waals surface area contributed by atoms with Crippen molar-refractivity contribution in [2.75, 3.05) is 18.1 Å². The molecule has 2 heterocycles. The van der Waals surface area contributed by atoms with Crippen LogP contribution in [0.3, 0.4) is 0 Å². The van der Waals surface area contributed by atoms with Crippen molar-refractivity contribution in [2.24, 2.45) is 11.8 Å². The highest BCUT2D eigenvalue weighted by atomic mass is 32.2. The van der Waals surface area contributed by atoms with Gasteiger partial charge in [0.1, 0.15) is 5.78 Å². The lowest BCUT2D eigenvalue weighted by atomic mass is 9.82. The zero-order valence-corrected chi connectivity index (χ0v) is 11.9. The molecule has 98 valence electrons. The Bertz CT molecular complexity index is 269. The van der Waals surface area contributed by atoms with E-state index in [4.69, 9.17) is 4.74 Å². The maximum absolute atomic E-state index is 11.9. The predicted octanol–water partition coefficient (Wildman–Crippen LogP) is 3.29. The summed E-state index contributed by atoms with van der Waals surface area (Å²) in [5.41, 5.74) is 0.131. The van der Waals surface area contributed by atoms with Gasteiger partial charge in [0.25, 0.3) is 0 Å². The standard InChI is InChI=1S/C14H24O2S/c1-11(2)7-13(15)8-12-3-5-16-14(9-12)4-6-17-10-14/h11-12H,3-10H2,1-2H3. The number of rotatable bonds is 4. The predicted molar refractivity (Wildman–Crippen MR) is 72.4 cm³/mol. The molecule has 2 aliphatic rings. The van der Waals surface area contributed by atoms with Gasteiger partial charge in [-0.3, -0.25) is 4.79 Å². The van der Waals surface area contributed by atoms with Crippen LogP contribution in [0, 0.1) is 11.8 Å². The number of ether oxygens (including phenoxy) is 1. The smallest absolute Gasteiger partial charge is 0.133 e. The first kappa shape index (κ1) is 13.4. The van der Waals surface area contributed by atoms with Crippen molar-refractivity contribution in [1.82, 2.24) is 0 Å². The average Bonchev–Trinajstić information content (AvgIpc) is 2.64. The molecule has 2 unspecified atom stereocenters. The zero-order valence-electron chi connectivity index (χ0n) is 11.0. The van der Waals surface area contributed by atoms with Crippen molar-refractivity contribution in [1.29, 1.82) is 0 Å². The SMILES string of the molecule is CC(C)CC(=O)CC1CCOC2(CCSC2)C1. The molecule has 2 saturated heterocycles. The first-order chi connectivity index (χ1) is 8.10. The summed E-state index contributed by atoms with van der Waals surface area (Å²) in [5, 5.41) is 0. The van der Waals surface area contributed by atoms with Crippen molar-refractivity contribution in [3.63, 3.8) is 0 Å². The molecule has 17 heavy (non-hydrogen) atoms. The molecule has 2 fully saturated rings. The first-order valence-electron chi connectivity index (χ1n) is 6.83. The van der Waals surface area contributed by atoms with Gasteiger partial charge in [0.05, 0.1) is 5.60 Å². The third-order valence-corrected chi connectivity index (χ3v) is 5.04. The number of thioether (sulfide) groups is 1. The fourth-order valence-electron chi connectivity index (χ4n) is 3.03. The fraction of sp³-hybridized carbons (Fsp3) is 0.929. The molecule has 0 amide bonds. The summed E-state index contributed by atoms with van der Waals surface area (Å²) in [6.07, 6.45) is 4.92. The Morgan fingerprint density at radius 1 is 1.53 bits per heavy atom. The summed E-state index contributed by atoms with van der Waals surface area (Å²) in [5.74, 6) is 3.90. The van der Waals surface area contributed by atoms with Gasteiger partial charge in [0.2, 0.25) is 0 Å². The lowest BCUT2D eigenvalue weighted by Crippen LogP contribution is -2.40. The number of ketones is 1. The summed E-state index contributed by atoms with van der Waals surface area (Å²) in [6, 6.07) is 0. The van der Waals surface area contributed by atoms with Crippen molar-refractivity contribution in [3.8, 4) is 0 Å². The molecule has 3 heteroatoms. The van der Waals surface area contributed by atoms with Crippen molar-refractivity contribution in [2.45, 2.75) is 51.6 Å². The third kappa shape index (κ3) is 3.72. The van der Waals surface area contributed by atoms with Crippen LogP contribution in [-0.4, -0.2) is 29.5 Å². The molecule has 2 atom stereocenters. The second kappa shape index (κ2) is 5.75. The second-order valence-corrected chi connectivity index (χ2v) is 7.14. The van der Waals surface area contributed by atoms with Crippen molar-refractivity contribution >= 4 is 17.5 Å². The van der Waals surface area contributed by atoms with Crippen LogP contribution in [0.15, 0.2) is 0 Å². The van der Waals surface area contributed by atoms with E-state index in [9.17, 15) is 4.79 Å². The summed E-state index contributed by atoms with van der Waals surface area (Å²) in [7, 11) is 0. The van der Waals surface area contributed by atoms with Crippen LogP contribution < -0.4 is 0 Å². The van der Waals surface area contributed by atoms with Crippen molar-refractivity contribution < 1.29 is 9.53 Å². The van der Waals surface area contributed by atoms with Crippen LogP contribution in [0.1, 0.15) is 46.0 Å². The van der Waals surface area contributed by atoms with E-state index in [0.29, 0.717) is 17.6 Å². The summed E-state index contributed by atoms with van der Waals surface area (Å²) < 4.78 is 5.99. The number of hydrogen-bond acceptors (Lipinski definition) is 3. The highest BCUT2D eigenvalue weighted by molar-refractivity contribution is 7.99. The molecule has 2 rings (SSSR count). The lowest BCUT2D eigenvalue weighted by molar-refractivity contribution is -0.124. The van der Waals surface area contributed by atoms with Crippen LogP contribution in [-0.2, 0) is 9.53 Å². The largest absolute Gasteiger partial charge is 0.374 e. The van der Waals surface area contributed by atoms with Gasteiger partial charge in [-0.2, -0.15) is 11.8 Å². The highest BCUT2D eigenvalue weighted by Crippen LogP contribution is 2.41. The Kier molecular flexibility index (Phi) is 4.53. The quantitative estimate of drug-likeness (QED) is 0.772. The van der Waals surface area contributed by atoms with Crippen LogP contribution in [0.5, 0.6) is 0 Å². The average molecular weight is 256 g/mol. The molecule has 2 nitrogen and oxygen atoms in total. The normalized spacial score (nSPS) is 33.5. The van der Waals surface area contributed by atoms with Gasteiger partial charge in [0.15, 0.2) is 0 Å². The van der Waals surface area contributed by atoms with E-state index in [1.54, 1.807) is 0 Å². The van der Waals surface area contributed by atoms with Gasteiger partial charge >= 0.3 is 0 Å². The number of carbonyl (C=O) groups is 1. The minimum atomic E-state index is 0.131. The van der Waals surface area contributed by atoms with E-state index in [2.05, 4.69) is 13.8 Å². The maximum Gasteiger partial charge on any atom is 0.133 e. The van der Waals surface area contributed by atoms with Gasteiger partial charge in [-0.15, -0.1) is 0 Å². The fourth-order valence-corrected chi connectivity index (χ4v) is 4.41. The second-order valence-electron chi connectivity index (χ2n) is 6.03. The molecular weight excluding hydrogens is 232 g/mol. The van der Waals surface area contributed by atoms with Crippen LogP contribution in [0.4, 0.5) is 0 Å². The molecule has 0 radical (unpaired) electrons. The molecule has 0 saturated carbocycles. The molecule has 2 aliphatic heterocycles. The molecule has 0 aromatic carbocycles. The molecule has 0 aliphatic carbocycles. The topological polar surface area (TPSA) is 26.3 Å². The van der Waals surface area contributed by atoms with Crippen LogP contribution in [0.25, 0.3) is 0 Å². The van der Waals surface area contributed by atoms with Gasteiger partial charge in [-0.25, -0.2) is 0 Å². The first-order valence-corrected chi connectivity index (χ1v) is 7.98. The number of carbonyl (C=O) groups excluding carboxylic acids is 1. The molecule has 0 N–H and O–H groups in total. The van der Waals surface area contributed by atoms with Crippen LogP contribution >= 0.6 is 11.8 Å². The lowest BCUT2D eigenvalue weighted by Gasteiger charge is -2.37. The van der Waals surface area contributed by atoms with E-state index >= 15 is 0 Å². The highest BCUT2D eigenvalue weighted by Gasteiger charge is 2.40. The zero-order chi connectivity index (χ0) is 12.3. The monoisotopic (exact) mass is 256 g/mol. The van der Waals surface area contributed by atoms with E-state index in [1.165, 1.54) is 12.2 Å². The summed E-state index contributed by atoms with van der Waals surface area (Å²) >= 11 is 2.00. The van der Waals surface area contributed by atoms with Crippen molar-refractivity contribution in [3.05, 3.63) is 0 Å². The van der Waals surface area contributed by atoms with E-state index in [1.807, 2.05) is 11.8 Å². The number of hydrogen-bond donors (Lipinski definition) is 0. The van der Waals surface area contributed by atoms with E-state index in [0.717, 1.165) is 38.0 Å². The van der Waals surface area contributed by atoms with E-state index < -0.39 is 0 Å². The molecule has 0 aromatic heterocycles. The van der Waals surface area contributed by atoms with Crippen LogP contribution in [0.2, 0.25) is 0 Å². The van der Waals surface area contributed by atoms with Gasteiger partial charge in [0, 0.05) is 25.2 Å². The molecule has 0 bridgehead atoms. The van der Waals surface area contributed by atoms with E-state index in [-0.39, 0.29) is 5.60 Å². The van der Waals surface area contributed by atoms with Gasteiger partial charge < -0.3 is 4.74 Å². The summed E-state index contributed by atoms with van der Waals surface area (Å²) in [6.45, 7) is 5.11.